The average Bonchev–Trinajstić information content (AvgIpc) is 3.21. The monoisotopic (exact) mass is 337 g/mol. The van der Waals surface area contributed by atoms with Crippen molar-refractivity contribution in [3.63, 3.8) is 0 Å². The fourth-order valence-electron chi connectivity index (χ4n) is 2.25. The zero-order valence-corrected chi connectivity index (χ0v) is 13.8. The molecule has 0 spiro atoms. The Morgan fingerprint density at radius 3 is 2.87 bits per heavy atom. The predicted octanol–water partition coefficient (Wildman–Crippen LogP) is 0.258. The first-order valence-corrected chi connectivity index (χ1v) is 8.15. The van der Waals surface area contributed by atoms with E-state index in [-0.39, 0.29) is 11.9 Å². The molecule has 1 fully saturated rings. The standard InChI is InChI=1S/C13H19N7O2S/c1-8(14)10-17-12(15-2)18-20(10)13-16-7-9(23-13)11(21)19-3-5-22-6-4-19/h7-8H,3-6,14H2,1-2H3,(H,15,18)/t8-/m0/s1. The van der Waals surface area contributed by atoms with Crippen LogP contribution in [0.25, 0.3) is 5.13 Å². The van der Waals surface area contributed by atoms with Gasteiger partial charge < -0.3 is 20.7 Å². The van der Waals surface area contributed by atoms with Crippen LogP contribution in [0.3, 0.4) is 0 Å². The van der Waals surface area contributed by atoms with Gasteiger partial charge in [-0.25, -0.2) is 4.98 Å². The van der Waals surface area contributed by atoms with Gasteiger partial charge in [-0.15, -0.1) is 5.10 Å². The summed E-state index contributed by atoms with van der Waals surface area (Å²) in [6.45, 7) is 4.17. The highest BCUT2D eigenvalue weighted by atomic mass is 32.1. The average molecular weight is 337 g/mol. The molecule has 1 saturated heterocycles. The summed E-state index contributed by atoms with van der Waals surface area (Å²) in [5, 5.41) is 7.78. The molecule has 0 aromatic carbocycles. The quantitative estimate of drug-likeness (QED) is 0.823. The minimum absolute atomic E-state index is 0.0339. The highest BCUT2D eigenvalue weighted by Gasteiger charge is 2.23. The number of thiazole rings is 1. The van der Waals surface area contributed by atoms with Crippen molar-refractivity contribution in [1.29, 1.82) is 0 Å². The minimum Gasteiger partial charge on any atom is -0.378 e. The van der Waals surface area contributed by atoms with Crippen molar-refractivity contribution in [1.82, 2.24) is 24.6 Å². The van der Waals surface area contributed by atoms with Crippen LogP contribution in [0.15, 0.2) is 6.20 Å². The predicted molar refractivity (Wildman–Crippen MR) is 85.9 cm³/mol. The number of nitrogens with two attached hydrogens (primary N) is 1. The lowest BCUT2D eigenvalue weighted by Gasteiger charge is -2.26. The van der Waals surface area contributed by atoms with Crippen LogP contribution in [0.1, 0.15) is 28.5 Å². The molecule has 10 heteroatoms. The Morgan fingerprint density at radius 1 is 1.48 bits per heavy atom. The lowest BCUT2D eigenvalue weighted by Crippen LogP contribution is -2.40. The Morgan fingerprint density at radius 2 is 2.22 bits per heavy atom. The molecule has 0 saturated carbocycles. The van der Waals surface area contributed by atoms with Crippen LogP contribution in [0.2, 0.25) is 0 Å². The maximum atomic E-state index is 12.5. The van der Waals surface area contributed by atoms with Gasteiger partial charge in [-0.3, -0.25) is 4.79 Å². The highest BCUT2D eigenvalue weighted by molar-refractivity contribution is 7.16. The first-order valence-electron chi connectivity index (χ1n) is 7.33. The molecule has 2 aromatic heterocycles. The number of amides is 1. The van der Waals surface area contributed by atoms with E-state index in [9.17, 15) is 4.79 Å². The van der Waals surface area contributed by atoms with Crippen molar-refractivity contribution in [2.24, 2.45) is 5.73 Å². The second-order valence-electron chi connectivity index (χ2n) is 5.16. The summed E-state index contributed by atoms with van der Waals surface area (Å²) in [7, 11) is 1.74. The first-order chi connectivity index (χ1) is 11.1. The zero-order valence-electron chi connectivity index (χ0n) is 13.0. The molecule has 1 aliphatic rings. The van der Waals surface area contributed by atoms with Crippen LogP contribution < -0.4 is 11.1 Å². The summed E-state index contributed by atoms with van der Waals surface area (Å²) in [6, 6.07) is -0.299. The van der Waals surface area contributed by atoms with Crippen LogP contribution in [-0.2, 0) is 4.74 Å². The SMILES string of the molecule is CNc1nc([C@H](C)N)n(-c2ncc(C(=O)N3CCOCC3)s2)n1. The van der Waals surface area contributed by atoms with Crippen LogP contribution in [0.5, 0.6) is 0 Å². The summed E-state index contributed by atoms with van der Waals surface area (Å²) < 4.78 is 6.85. The van der Waals surface area contributed by atoms with Gasteiger partial charge in [0, 0.05) is 20.1 Å². The van der Waals surface area contributed by atoms with Gasteiger partial charge in [0.1, 0.15) is 4.88 Å². The summed E-state index contributed by atoms with van der Waals surface area (Å²) in [4.78, 5) is 23.5. The molecule has 3 heterocycles. The third kappa shape index (κ3) is 3.19. The number of aromatic nitrogens is 4. The summed E-state index contributed by atoms with van der Waals surface area (Å²) >= 11 is 1.28. The second-order valence-corrected chi connectivity index (χ2v) is 6.16. The molecular weight excluding hydrogens is 318 g/mol. The summed E-state index contributed by atoms with van der Waals surface area (Å²) in [5.74, 6) is 1.02. The summed E-state index contributed by atoms with van der Waals surface area (Å²) in [5.41, 5.74) is 5.94. The van der Waals surface area contributed by atoms with Crippen molar-refractivity contribution in [3.05, 3.63) is 16.9 Å². The van der Waals surface area contributed by atoms with Gasteiger partial charge in [0.15, 0.2) is 5.82 Å². The number of rotatable bonds is 4. The maximum Gasteiger partial charge on any atom is 0.265 e. The molecule has 23 heavy (non-hydrogen) atoms. The van der Waals surface area contributed by atoms with Crippen molar-refractivity contribution in [2.75, 3.05) is 38.7 Å². The van der Waals surface area contributed by atoms with Gasteiger partial charge in [0.2, 0.25) is 11.1 Å². The lowest BCUT2D eigenvalue weighted by molar-refractivity contribution is 0.0306. The Bertz CT molecular complexity index is 690. The molecule has 9 nitrogen and oxygen atoms in total. The third-order valence-corrected chi connectivity index (χ3v) is 4.41. The Balaban J connectivity index is 1.87. The van der Waals surface area contributed by atoms with Gasteiger partial charge in [-0.2, -0.15) is 9.67 Å². The van der Waals surface area contributed by atoms with E-state index in [1.807, 2.05) is 6.92 Å². The van der Waals surface area contributed by atoms with E-state index >= 15 is 0 Å². The number of nitrogens with one attached hydrogen (secondary N) is 1. The molecule has 1 amide bonds. The number of nitrogens with zero attached hydrogens (tertiary/aromatic N) is 5. The number of carbonyl (C=O) groups excluding carboxylic acids is 1. The van der Waals surface area contributed by atoms with Gasteiger partial charge in [0.25, 0.3) is 5.91 Å². The van der Waals surface area contributed by atoms with E-state index < -0.39 is 0 Å². The first kappa shape index (κ1) is 15.8. The van der Waals surface area contributed by atoms with Gasteiger partial charge in [-0.05, 0) is 6.92 Å². The van der Waals surface area contributed by atoms with E-state index in [0.717, 1.165) is 0 Å². The second kappa shape index (κ2) is 6.60. The van der Waals surface area contributed by atoms with Crippen molar-refractivity contribution in [2.45, 2.75) is 13.0 Å². The summed E-state index contributed by atoms with van der Waals surface area (Å²) in [6.07, 6.45) is 1.57. The Labute approximate surface area is 137 Å². The lowest BCUT2D eigenvalue weighted by atomic mass is 10.3. The van der Waals surface area contributed by atoms with E-state index in [2.05, 4.69) is 20.4 Å². The molecule has 0 radical (unpaired) electrons. The van der Waals surface area contributed by atoms with E-state index in [0.29, 0.717) is 48.1 Å². The van der Waals surface area contributed by atoms with Gasteiger partial charge in [0.05, 0.1) is 25.5 Å². The van der Waals surface area contributed by atoms with Crippen LogP contribution >= 0.6 is 11.3 Å². The molecule has 1 atom stereocenters. The maximum absolute atomic E-state index is 12.5. The molecule has 3 N–H and O–H groups in total. The molecule has 0 aliphatic carbocycles. The normalized spacial score (nSPS) is 16.4. The third-order valence-electron chi connectivity index (χ3n) is 3.45. The fraction of sp³-hybridized carbons (Fsp3) is 0.538. The zero-order chi connectivity index (χ0) is 16.4. The van der Waals surface area contributed by atoms with E-state index in [1.54, 1.807) is 22.8 Å². The largest absolute Gasteiger partial charge is 0.378 e. The van der Waals surface area contributed by atoms with Crippen LogP contribution in [0.4, 0.5) is 5.95 Å². The van der Waals surface area contributed by atoms with Crippen LogP contribution in [-0.4, -0.2) is 63.9 Å². The van der Waals surface area contributed by atoms with Crippen molar-refractivity contribution in [3.8, 4) is 5.13 Å². The topological polar surface area (TPSA) is 111 Å². The fourth-order valence-corrected chi connectivity index (χ4v) is 3.09. The van der Waals surface area contributed by atoms with Crippen molar-refractivity contribution < 1.29 is 9.53 Å². The van der Waals surface area contributed by atoms with E-state index in [1.165, 1.54) is 11.3 Å². The molecule has 2 aromatic rings. The Kier molecular flexibility index (Phi) is 4.55. The Hall–Kier alpha value is -2.04. The van der Waals surface area contributed by atoms with E-state index in [4.69, 9.17) is 10.5 Å². The molecule has 124 valence electrons. The smallest absolute Gasteiger partial charge is 0.265 e. The molecule has 0 unspecified atom stereocenters. The van der Waals surface area contributed by atoms with Gasteiger partial charge >= 0.3 is 0 Å². The molecule has 1 aliphatic heterocycles. The number of carbonyl (C=O) groups is 1. The number of hydrogen-bond donors (Lipinski definition) is 2. The minimum atomic E-state index is -0.299. The van der Waals surface area contributed by atoms with Gasteiger partial charge in [-0.1, -0.05) is 11.3 Å². The number of ether oxygens (including phenoxy) is 1. The molecule has 0 bridgehead atoms. The number of morpholine rings is 1. The molecular formula is C13H19N7O2S. The van der Waals surface area contributed by atoms with Crippen LogP contribution in [0, 0.1) is 0 Å². The number of hydrogen-bond acceptors (Lipinski definition) is 8. The van der Waals surface area contributed by atoms with Crippen molar-refractivity contribution >= 4 is 23.2 Å². The molecule has 3 rings (SSSR count). The highest BCUT2D eigenvalue weighted by Crippen LogP contribution is 2.22. The number of anilines is 1.